The molecule has 0 aliphatic rings. The largest absolute Gasteiger partial charge is 0.491 e. The molecule has 0 saturated heterocycles. The predicted molar refractivity (Wildman–Crippen MR) is 138 cm³/mol. The van der Waals surface area contributed by atoms with Crippen LogP contribution in [0.2, 0.25) is 5.02 Å². The van der Waals surface area contributed by atoms with Crippen LogP contribution in [0.5, 0.6) is 11.5 Å². The van der Waals surface area contributed by atoms with Gasteiger partial charge in [0, 0.05) is 22.3 Å². The van der Waals surface area contributed by atoms with Crippen LogP contribution >= 0.6 is 45.8 Å². The fraction of sp³-hybridized carbons (Fsp3) is 0.458. The molecule has 6 nitrogen and oxygen atoms in total. The molecule has 0 amide bonds. The summed E-state index contributed by atoms with van der Waals surface area (Å²) in [6.07, 6.45) is -1.66. The van der Waals surface area contributed by atoms with E-state index in [9.17, 15) is 15.0 Å². The van der Waals surface area contributed by atoms with E-state index in [-0.39, 0.29) is 31.1 Å². The van der Waals surface area contributed by atoms with Gasteiger partial charge in [0.2, 0.25) is 0 Å². The average molecular weight is 611 g/mol. The molecule has 33 heavy (non-hydrogen) atoms. The quantitative estimate of drug-likeness (QED) is 0.202. The first-order chi connectivity index (χ1) is 15.6. The van der Waals surface area contributed by atoms with Crippen molar-refractivity contribution in [1.29, 1.82) is 0 Å². The zero-order chi connectivity index (χ0) is 24.6. The number of hydrogen-bond acceptors (Lipinski definition) is 6. The van der Waals surface area contributed by atoms with Crippen LogP contribution < -0.4 is 9.47 Å². The van der Waals surface area contributed by atoms with Crippen molar-refractivity contribution in [3.8, 4) is 11.5 Å². The molecule has 182 valence electrons. The number of carbonyl (C=O) groups is 1. The monoisotopic (exact) mass is 610 g/mol. The minimum Gasteiger partial charge on any atom is -0.491 e. The Hall–Kier alpha value is -1.26. The van der Waals surface area contributed by atoms with E-state index in [1.165, 1.54) is 6.92 Å². The molecular formula is C24H29Cl2IO6. The van der Waals surface area contributed by atoms with Gasteiger partial charge in [-0.15, -0.1) is 11.6 Å². The maximum Gasteiger partial charge on any atom is 0.302 e. The molecule has 0 heterocycles. The Morgan fingerprint density at radius 2 is 1.67 bits per heavy atom. The molecule has 0 aromatic heterocycles. The number of hydrogen-bond donors (Lipinski definition) is 2. The van der Waals surface area contributed by atoms with Gasteiger partial charge in [-0.3, -0.25) is 4.79 Å². The zero-order valence-corrected chi connectivity index (χ0v) is 22.5. The van der Waals surface area contributed by atoms with Crippen LogP contribution in [0.4, 0.5) is 0 Å². The minimum absolute atomic E-state index is 0.0184. The summed E-state index contributed by atoms with van der Waals surface area (Å²) >= 11 is 14.5. The van der Waals surface area contributed by atoms with Crippen LogP contribution in [0.3, 0.4) is 0 Å². The van der Waals surface area contributed by atoms with Gasteiger partial charge in [-0.05, 0) is 29.3 Å². The highest BCUT2D eigenvalue weighted by molar-refractivity contribution is 14.1. The molecule has 2 atom stereocenters. The number of aliphatic hydroxyl groups excluding tert-OH is 2. The summed E-state index contributed by atoms with van der Waals surface area (Å²) in [5.74, 6) is 0.807. The van der Waals surface area contributed by atoms with E-state index in [0.717, 1.165) is 16.7 Å². The maximum absolute atomic E-state index is 10.8. The molecule has 2 rings (SSSR count). The molecule has 0 aliphatic carbocycles. The number of ether oxygens (including phenoxy) is 3. The number of aliphatic hydroxyl groups is 2. The van der Waals surface area contributed by atoms with Crippen LogP contribution in [0, 0.1) is 0 Å². The molecule has 0 unspecified atom stereocenters. The second-order valence-electron chi connectivity index (χ2n) is 8.12. The second-order valence-corrected chi connectivity index (χ2v) is 9.59. The van der Waals surface area contributed by atoms with E-state index in [2.05, 4.69) is 42.5 Å². The smallest absolute Gasteiger partial charge is 0.302 e. The Labute approximate surface area is 218 Å². The molecule has 2 N–H and O–H groups in total. The van der Waals surface area contributed by atoms with E-state index in [1.54, 1.807) is 0 Å². The normalized spacial score (nSPS) is 13.3. The molecule has 0 fully saturated rings. The summed E-state index contributed by atoms with van der Waals surface area (Å²) in [4.78, 5) is 10.8. The van der Waals surface area contributed by atoms with Crippen LogP contribution in [0.1, 0.15) is 37.5 Å². The first-order valence-corrected chi connectivity index (χ1v) is 12.8. The fourth-order valence-electron chi connectivity index (χ4n) is 3.08. The van der Waals surface area contributed by atoms with Gasteiger partial charge in [0.25, 0.3) is 0 Å². The lowest BCUT2D eigenvalue weighted by atomic mass is 9.77. The van der Waals surface area contributed by atoms with E-state index < -0.39 is 18.2 Å². The lowest BCUT2D eigenvalue weighted by Gasteiger charge is -2.28. The predicted octanol–water partition coefficient (Wildman–Crippen LogP) is 4.88. The standard InChI is InChI=1S/C24H29Cl2IO6/c1-15(28)31-13-20(30)14-32-21-6-4-17(5-7-21)24(2,3)18-8-16(11-27)23(22(26)9-18)33-12-19(29)10-25/h4-9,19-20,29-30H,10-14H2,1-3H3/t19-,20-/m0/s1. The van der Waals surface area contributed by atoms with Crippen molar-refractivity contribution in [1.82, 2.24) is 0 Å². The zero-order valence-electron chi connectivity index (χ0n) is 18.8. The molecule has 0 aliphatic heterocycles. The lowest BCUT2D eigenvalue weighted by Crippen LogP contribution is -2.24. The van der Waals surface area contributed by atoms with Crippen molar-refractivity contribution in [3.63, 3.8) is 0 Å². The number of benzene rings is 2. The highest BCUT2D eigenvalue weighted by Gasteiger charge is 2.26. The summed E-state index contributed by atoms with van der Waals surface area (Å²) in [5.41, 5.74) is 2.66. The number of esters is 1. The van der Waals surface area contributed by atoms with Gasteiger partial charge in [0.15, 0.2) is 0 Å². The molecule has 0 radical (unpaired) electrons. The van der Waals surface area contributed by atoms with Crippen molar-refractivity contribution in [3.05, 3.63) is 58.1 Å². The Morgan fingerprint density at radius 1 is 1.03 bits per heavy atom. The van der Waals surface area contributed by atoms with Crippen molar-refractivity contribution in [2.45, 2.75) is 42.8 Å². The fourth-order valence-corrected chi connectivity index (χ4v) is 4.03. The highest BCUT2D eigenvalue weighted by atomic mass is 127. The van der Waals surface area contributed by atoms with Gasteiger partial charge in [-0.1, -0.05) is 66.2 Å². The summed E-state index contributed by atoms with van der Waals surface area (Å²) in [6.45, 7) is 5.48. The van der Waals surface area contributed by atoms with Gasteiger partial charge < -0.3 is 24.4 Å². The Morgan fingerprint density at radius 3 is 2.24 bits per heavy atom. The third-order valence-electron chi connectivity index (χ3n) is 5.08. The van der Waals surface area contributed by atoms with E-state index >= 15 is 0 Å². The highest BCUT2D eigenvalue weighted by Crippen LogP contribution is 2.39. The van der Waals surface area contributed by atoms with Crippen molar-refractivity contribution in [2.75, 3.05) is 25.7 Å². The Balaban J connectivity index is 2.15. The van der Waals surface area contributed by atoms with Gasteiger partial charge >= 0.3 is 5.97 Å². The molecule has 0 saturated carbocycles. The average Bonchev–Trinajstić information content (AvgIpc) is 2.79. The van der Waals surface area contributed by atoms with Crippen molar-refractivity contribution in [2.24, 2.45) is 0 Å². The molecular weight excluding hydrogens is 582 g/mol. The van der Waals surface area contributed by atoms with Crippen LogP contribution in [0.25, 0.3) is 0 Å². The van der Waals surface area contributed by atoms with Gasteiger partial charge in [0.1, 0.15) is 43.5 Å². The second kappa shape index (κ2) is 13.0. The summed E-state index contributed by atoms with van der Waals surface area (Å²) in [6, 6.07) is 11.6. The van der Waals surface area contributed by atoms with Crippen LogP contribution in [0.15, 0.2) is 36.4 Å². The van der Waals surface area contributed by atoms with Gasteiger partial charge in [-0.2, -0.15) is 0 Å². The molecule has 0 spiro atoms. The third-order valence-corrected chi connectivity index (χ3v) is 6.54. The van der Waals surface area contributed by atoms with Gasteiger partial charge in [-0.25, -0.2) is 0 Å². The topological polar surface area (TPSA) is 85.2 Å². The Bertz CT molecular complexity index is 920. The van der Waals surface area contributed by atoms with E-state index in [0.29, 0.717) is 20.9 Å². The number of alkyl halides is 2. The number of carbonyl (C=O) groups excluding carboxylic acids is 1. The van der Waals surface area contributed by atoms with Crippen LogP contribution in [-0.4, -0.2) is 54.1 Å². The molecule has 2 aromatic rings. The lowest BCUT2D eigenvalue weighted by molar-refractivity contribution is -0.144. The summed E-state index contributed by atoms with van der Waals surface area (Å²) in [7, 11) is 0. The van der Waals surface area contributed by atoms with Crippen molar-refractivity contribution >= 4 is 51.8 Å². The third kappa shape index (κ3) is 8.17. The molecule has 9 heteroatoms. The first kappa shape index (κ1) is 28.0. The first-order valence-electron chi connectivity index (χ1n) is 10.4. The SMILES string of the molecule is CC(=O)OC[C@H](O)COc1ccc(C(C)(C)c2cc(Cl)c(OC[C@@H](O)CCl)c(CI)c2)cc1. The minimum atomic E-state index is -0.898. The van der Waals surface area contributed by atoms with E-state index in [1.807, 2.05) is 30.3 Å². The van der Waals surface area contributed by atoms with Crippen molar-refractivity contribution < 1.29 is 29.2 Å². The summed E-state index contributed by atoms with van der Waals surface area (Å²) in [5, 5.41) is 20.0. The number of halogens is 3. The van der Waals surface area contributed by atoms with Crippen LogP contribution in [-0.2, 0) is 19.4 Å². The van der Waals surface area contributed by atoms with Gasteiger partial charge in [0.05, 0.1) is 10.9 Å². The number of rotatable bonds is 12. The molecule has 2 aromatic carbocycles. The maximum atomic E-state index is 10.8. The Kier molecular flexibility index (Phi) is 11.0. The summed E-state index contributed by atoms with van der Waals surface area (Å²) < 4.78 is 16.8. The van der Waals surface area contributed by atoms with E-state index in [4.69, 9.17) is 37.4 Å². The molecule has 0 bridgehead atoms.